The zero-order valence-electron chi connectivity index (χ0n) is 7.50. The number of nitrogens with one attached hydrogen (secondary N) is 1. The van der Waals surface area contributed by atoms with Gasteiger partial charge >= 0.3 is 0 Å². The van der Waals surface area contributed by atoms with E-state index >= 15 is 0 Å². The predicted molar refractivity (Wildman–Crippen MR) is 56.9 cm³/mol. The van der Waals surface area contributed by atoms with Crippen molar-refractivity contribution in [3.05, 3.63) is 41.2 Å². The molecule has 72 valence electrons. The van der Waals surface area contributed by atoms with E-state index in [1.54, 1.807) is 12.4 Å². The summed E-state index contributed by atoms with van der Waals surface area (Å²) in [5.41, 5.74) is 7.42. The number of hydrogen-bond donors (Lipinski definition) is 2. The van der Waals surface area contributed by atoms with Crippen LogP contribution in [0.2, 0.25) is 5.02 Å². The van der Waals surface area contributed by atoms with E-state index in [0.29, 0.717) is 11.6 Å². The number of rotatable bonds is 2. The highest BCUT2D eigenvalue weighted by Crippen LogP contribution is 2.25. The van der Waals surface area contributed by atoms with Gasteiger partial charge in [-0.2, -0.15) is 0 Å². The van der Waals surface area contributed by atoms with E-state index in [9.17, 15) is 0 Å². The SMILES string of the molecule is NCc1ccc(-c2ncc[nH]2)c(Cl)c1. The molecule has 4 heteroatoms. The van der Waals surface area contributed by atoms with Crippen LogP contribution >= 0.6 is 11.6 Å². The fraction of sp³-hybridized carbons (Fsp3) is 0.100. The van der Waals surface area contributed by atoms with E-state index in [0.717, 1.165) is 17.0 Å². The Bertz CT molecular complexity index is 423. The molecule has 0 radical (unpaired) electrons. The summed E-state index contributed by atoms with van der Waals surface area (Å²) in [5, 5.41) is 0.669. The Morgan fingerprint density at radius 1 is 1.43 bits per heavy atom. The fourth-order valence-corrected chi connectivity index (χ4v) is 1.58. The van der Waals surface area contributed by atoms with Crippen LogP contribution in [0.15, 0.2) is 30.6 Å². The number of hydrogen-bond acceptors (Lipinski definition) is 2. The van der Waals surface area contributed by atoms with Crippen LogP contribution in [0.1, 0.15) is 5.56 Å². The smallest absolute Gasteiger partial charge is 0.138 e. The zero-order chi connectivity index (χ0) is 9.97. The van der Waals surface area contributed by atoms with Crippen molar-refractivity contribution in [1.82, 2.24) is 9.97 Å². The second-order valence-electron chi connectivity index (χ2n) is 2.96. The van der Waals surface area contributed by atoms with Gasteiger partial charge in [0.25, 0.3) is 0 Å². The molecule has 0 spiro atoms. The topological polar surface area (TPSA) is 54.7 Å². The first-order chi connectivity index (χ1) is 6.81. The molecule has 0 bridgehead atoms. The Hall–Kier alpha value is -1.32. The van der Waals surface area contributed by atoms with Crippen LogP contribution in [-0.4, -0.2) is 9.97 Å². The van der Waals surface area contributed by atoms with E-state index in [1.807, 2.05) is 18.2 Å². The van der Waals surface area contributed by atoms with E-state index < -0.39 is 0 Å². The summed E-state index contributed by atoms with van der Waals surface area (Å²) in [7, 11) is 0. The van der Waals surface area contributed by atoms with Crippen LogP contribution in [0.4, 0.5) is 0 Å². The van der Waals surface area contributed by atoms with Gasteiger partial charge in [0.1, 0.15) is 5.82 Å². The number of nitrogens with zero attached hydrogens (tertiary/aromatic N) is 1. The Labute approximate surface area is 86.9 Å². The fourth-order valence-electron chi connectivity index (χ4n) is 1.29. The lowest BCUT2D eigenvalue weighted by molar-refractivity contribution is 1.07. The van der Waals surface area contributed by atoms with Gasteiger partial charge < -0.3 is 10.7 Å². The lowest BCUT2D eigenvalue weighted by Crippen LogP contribution is -1.96. The average Bonchev–Trinajstić information content (AvgIpc) is 2.70. The molecular formula is C10H10ClN3. The van der Waals surface area contributed by atoms with Gasteiger partial charge in [-0.1, -0.05) is 17.7 Å². The molecule has 2 aromatic rings. The molecule has 0 atom stereocenters. The van der Waals surface area contributed by atoms with Crippen LogP contribution in [0.3, 0.4) is 0 Å². The van der Waals surface area contributed by atoms with Crippen LogP contribution in [-0.2, 0) is 6.54 Å². The minimum Gasteiger partial charge on any atom is -0.345 e. The number of halogens is 1. The molecule has 0 amide bonds. The van der Waals surface area contributed by atoms with Gasteiger partial charge in [-0.15, -0.1) is 0 Å². The van der Waals surface area contributed by atoms with Gasteiger partial charge in [0.15, 0.2) is 0 Å². The lowest BCUT2D eigenvalue weighted by atomic mass is 10.1. The molecule has 0 aliphatic heterocycles. The molecule has 0 unspecified atom stereocenters. The molecule has 2 rings (SSSR count). The minimum absolute atomic E-state index is 0.498. The highest BCUT2D eigenvalue weighted by molar-refractivity contribution is 6.33. The van der Waals surface area contributed by atoms with Crippen molar-refractivity contribution in [2.75, 3.05) is 0 Å². The van der Waals surface area contributed by atoms with Crippen molar-refractivity contribution in [1.29, 1.82) is 0 Å². The predicted octanol–water partition coefficient (Wildman–Crippen LogP) is 2.19. The van der Waals surface area contributed by atoms with Crippen LogP contribution in [0.25, 0.3) is 11.4 Å². The van der Waals surface area contributed by atoms with Crippen molar-refractivity contribution in [2.45, 2.75) is 6.54 Å². The first-order valence-corrected chi connectivity index (χ1v) is 4.67. The monoisotopic (exact) mass is 207 g/mol. The standard InChI is InChI=1S/C10H10ClN3/c11-9-5-7(6-12)1-2-8(9)10-13-3-4-14-10/h1-5H,6,12H2,(H,13,14). The number of aromatic amines is 1. The number of H-pyrrole nitrogens is 1. The van der Waals surface area contributed by atoms with E-state index in [1.165, 1.54) is 0 Å². The van der Waals surface area contributed by atoms with Crippen molar-refractivity contribution in [2.24, 2.45) is 5.73 Å². The van der Waals surface area contributed by atoms with Crippen LogP contribution in [0, 0.1) is 0 Å². The molecule has 0 saturated heterocycles. The summed E-state index contributed by atoms with van der Waals surface area (Å²) in [6.07, 6.45) is 3.46. The number of aromatic nitrogens is 2. The third kappa shape index (κ3) is 1.64. The second kappa shape index (κ2) is 3.82. The third-order valence-corrected chi connectivity index (χ3v) is 2.34. The molecule has 14 heavy (non-hydrogen) atoms. The normalized spacial score (nSPS) is 10.4. The van der Waals surface area contributed by atoms with Crippen molar-refractivity contribution < 1.29 is 0 Å². The summed E-state index contributed by atoms with van der Waals surface area (Å²) in [5.74, 6) is 0.776. The lowest BCUT2D eigenvalue weighted by Gasteiger charge is -2.02. The summed E-state index contributed by atoms with van der Waals surface area (Å²) in [4.78, 5) is 7.14. The zero-order valence-corrected chi connectivity index (χ0v) is 8.25. The Morgan fingerprint density at radius 2 is 2.29 bits per heavy atom. The maximum absolute atomic E-state index is 6.08. The second-order valence-corrected chi connectivity index (χ2v) is 3.36. The van der Waals surface area contributed by atoms with Gasteiger partial charge in [-0.25, -0.2) is 4.98 Å². The molecule has 0 aliphatic carbocycles. The van der Waals surface area contributed by atoms with Crippen LogP contribution in [0.5, 0.6) is 0 Å². The van der Waals surface area contributed by atoms with E-state index in [4.69, 9.17) is 17.3 Å². The van der Waals surface area contributed by atoms with Gasteiger partial charge in [0.05, 0.1) is 5.02 Å². The molecule has 1 aromatic carbocycles. The van der Waals surface area contributed by atoms with Crippen molar-refractivity contribution >= 4 is 11.6 Å². The number of benzene rings is 1. The number of imidazole rings is 1. The molecule has 0 saturated carbocycles. The Kier molecular flexibility index (Phi) is 2.52. The summed E-state index contributed by atoms with van der Waals surface area (Å²) >= 11 is 6.08. The average molecular weight is 208 g/mol. The molecule has 1 aromatic heterocycles. The van der Waals surface area contributed by atoms with Gasteiger partial charge in [-0.05, 0) is 17.7 Å². The molecular weight excluding hydrogens is 198 g/mol. The Balaban J connectivity index is 2.46. The van der Waals surface area contributed by atoms with Crippen LogP contribution < -0.4 is 5.73 Å². The van der Waals surface area contributed by atoms with Crippen molar-refractivity contribution in [3.63, 3.8) is 0 Å². The first-order valence-electron chi connectivity index (χ1n) is 4.29. The molecule has 3 nitrogen and oxygen atoms in total. The summed E-state index contributed by atoms with van der Waals surface area (Å²) < 4.78 is 0. The van der Waals surface area contributed by atoms with E-state index in [2.05, 4.69) is 9.97 Å². The van der Waals surface area contributed by atoms with Crippen molar-refractivity contribution in [3.8, 4) is 11.4 Å². The van der Waals surface area contributed by atoms with E-state index in [-0.39, 0.29) is 0 Å². The molecule has 0 fully saturated rings. The molecule has 0 aliphatic rings. The molecule has 3 N–H and O–H groups in total. The highest BCUT2D eigenvalue weighted by atomic mass is 35.5. The maximum Gasteiger partial charge on any atom is 0.138 e. The maximum atomic E-state index is 6.08. The van der Waals surface area contributed by atoms with Gasteiger partial charge in [-0.3, -0.25) is 0 Å². The van der Waals surface area contributed by atoms with Gasteiger partial charge in [0, 0.05) is 24.5 Å². The highest BCUT2D eigenvalue weighted by Gasteiger charge is 2.05. The minimum atomic E-state index is 0.498. The summed E-state index contributed by atoms with van der Waals surface area (Å²) in [6.45, 7) is 0.498. The number of nitrogens with two attached hydrogens (primary N) is 1. The first kappa shape index (κ1) is 9.24. The Morgan fingerprint density at radius 3 is 2.86 bits per heavy atom. The quantitative estimate of drug-likeness (QED) is 0.793. The van der Waals surface area contributed by atoms with Gasteiger partial charge in [0.2, 0.25) is 0 Å². The summed E-state index contributed by atoms with van der Waals surface area (Å²) in [6, 6.07) is 5.73. The third-order valence-electron chi connectivity index (χ3n) is 2.02. The molecule has 1 heterocycles. The largest absolute Gasteiger partial charge is 0.345 e.